The molecule has 1 aromatic carbocycles. The van der Waals surface area contributed by atoms with Crippen LogP contribution in [0.2, 0.25) is 0 Å². The highest BCUT2D eigenvalue weighted by molar-refractivity contribution is 8.01. The summed E-state index contributed by atoms with van der Waals surface area (Å²) in [6.07, 6.45) is -0.891. The number of thioether (sulfide) groups is 1. The predicted octanol–water partition coefficient (Wildman–Crippen LogP) is 3.38. The lowest BCUT2D eigenvalue weighted by Gasteiger charge is -2.35. The van der Waals surface area contributed by atoms with Crippen LogP contribution in [-0.4, -0.2) is 47.4 Å². The molecule has 3 unspecified atom stereocenters. The zero-order chi connectivity index (χ0) is 21.4. The van der Waals surface area contributed by atoms with E-state index in [1.54, 1.807) is 11.8 Å². The van der Waals surface area contributed by atoms with Gasteiger partial charge in [0, 0.05) is 16.9 Å². The molecule has 0 N–H and O–H groups in total. The van der Waals surface area contributed by atoms with Gasteiger partial charge in [-0.05, 0) is 37.1 Å². The first-order valence-electron chi connectivity index (χ1n) is 8.73. The molecule has 1 aromatic rings. The molecule has 0 saturated carbocycles. The number of ether oxygens (including phenoxy) is 2. The molecule has 2 saturated heterocycles. The fourth-order valence-corrected chi connectivity index (χ4v) is 5.68. The van der Waals surface area contributed by atoms with Gasteiger partial charge < -0.3 is 14.0 Å². The van der Waals surface area contributed by atoms with Crippen LogP contribution >= 0.6 is 11.8 Å². The van der Waals surface area contributed by atoms with Gasteiger partial charge in [-0.2, -0.15) is 24.9 Å². The van der Waals surface area contributed by atoms with Crippen LogP contribution in [0.3, 0.4) is 0 Å². The molecule has 2 aliphatic rings. The maximum absolute atomic E-state index is 13.5. The number of hydrogen-bond donors (Lipinski definition) is 0. The van der Waals surface area contributed by atoms with E-state index < -0.39 is 51.5 Å². The molecule has 6 nitrogen and oxygen atoms in total. The SMILES string of the molecule is C=CC1(Oc2cc(C(=O)OCCS(=O)(=O)[O-])ccc2C(F)(F)F)CC2CCC1S2. The molecule has 3 atom stereocenters. The number of rotatable bonds is 7. The van der Waals surface area contributed by atoms with Crippen LogP contribution in [-0.2, 0) is 21.0 Å². The van der Waals surface area contributed by atoms with Gasteiger partial charge in [-0.25, -0.2) is 13.2 Å². The molecule has 3 rings (SSSR count). The van der Waals surface area contributed by atoms with E-state index in [4.69, 9.17) is 4.74 Å². The van der Waals surface area contributed by atoms with E-state index in [1.165, 1.54) is 6.08 Å². The Balaban J connectivity index is 1.87. The summed E-state index contributed by atoms with van der Waals surface area (Å²) in [5.74, 6) is -2.50. The van der Waals surface area contributed by atoms with E-state index in [1.807, 2.05) is 0 Å². The van der Waals surface area contributed by atoms with Gasteiger partial charge in [0.15, 0.2) is 0 Å². The average molecular weight is 451 g/mol. The van der Waals surface area contributed by atoms with E-state index in [-0.39, 0.29) is 16.1 Å². The number of benzene rings is 1. The molecule has 0 aliphatic carbocycles. The second-order valence-electron chi connectivity index (χ2n) is 6.90. The normalized spacial score (nSPS) is 26.3. The summed E-state index contributed by atoms with van der Waals surface area (Å²) in [5.41, 5.74) is -2.25. The first-order chi connectivity index (χ1) is 13.4. The van der Waals surface area contributed by atoms with Crippen LogP contribution in [0, 0.1) is 0 Å². The number of esters is 1. The molecule has 0 amide bonds. The van der Waals surface area contributed by atoms with Crippen LogP contribution in [0.4, 0.5) is 13.2 Å². The van der Waals surface area contributed by atoms with E-state index >= 15 is 0 Å². The van der Waals surface area contributed by atoms with Crippen molar-refractivity contribution in [2.24, 2.45) is 0 Å². The minimum atomic E-state index is -4.71. The lowest BCUT2D eigenvalue weighted by molar-refractivity contribution is -0.139. The molecule has 11 heteroatoms. The van der Waals surface area contributed by atoms with Gasteiger partial charge in [0.25, 0.3) is 0 Å². The summed E-state index contributed by atoms with van der Waals surface area (Å²) in [6, 6.07) is 2.56. The highest BCUT2D eigenvalue weighted by Gasteiger charge is 2.53. The fourth-order valence-electron chi connectivity index (χ4n) is 3.56. The summed E-state index contributed by atoms with van der Waals surface area (Å²) < 4.78 is 82.7. The van der Waals surface area contributed by atoms with Crippen molar-refractivity contribution in [3.8, 4) is 5.75 Å². The van der Waals surface area contributed by atoms with E-state index in [0.717, 1.165) is 25.0 Å². The Kier molecular flexibility index (Phi) is 5.94. The molecule has 0 spiro atoms. The van der Waals surface area contributed by atoms with E-state index in [2.05, 4.69) is 11.3 Å². The van der Waals surface area contributed by atoms with Gasteiger partial charge in [0.2, 0.25) is 0 Å². The molecule has 2 bridgehead atoms. The second kappa shape index (κ2) is 7.84. The Morgan fingerprint density at radius 1 is 1.38 bits per heavy atom. The van der Waals surface area contributed by atoms with Gasteiger partial charge in [0.05, 0.1) is 27.0 Å². The quantitative estimate of drug-likeness (QED) is 0.356. The topological polar surface area (TPSA) is 92.7 Å². The number of hydrogen-bond acceptors (Lipinski definition) is 7. The third-order valence-corrected chi connectivity index (χ3v) is 7.35. The smallest absolute Gasteiger partial charge is 0.419 e. The van der Waals surface area contributed by atoms with Crippen molar-refractivity contribution in [1.29, 1.82) is 0 Å². The van der Waals surface area contributed by atoms with Crippen molar-refractivity contribution in [3.63, 3.8) is 0 Å². The molecule has 0 aromatic heterocycles. The Morgan fingerprint density at radius 3 is 2.62 bits per heavy atom. The van der Waals surface area contributed by atoms with Gasteiger partial charge in [-0.1, -0.05) is 6.58 Å². The standard InChI is InChI=1S/C18H19F3O6S2/c1-2-17(10-12-4-6-15(17)28-12)27-14-9-11(3-5-13(14)18(19,20)21)16(22)26-7-8-29(23,24)25/h2-3,5,9,12,15H,1,4,6-8,10H2,(H,23,24,25)/p-1. The van der Waals surface area contributed by atoms with Crippen molar-refractivity contribution in [3.05, 3.63) is 42.0 Å². The lowest BCUT2D eigenvalue weighted by Crippen LogP contribution is -2.43. The van der Waals surface area contributed by atoms with Crippen molar-refractivity contribution >= 4 is 27.8 Å². The summed E-state index contributed by atoms with van der Waals surface area (Å²) in [6.45, 7) is 3.05. The summed E-state index contributed by atoms with van der Waals surface area (Å²) in [5, 5.41) is 0.262. The lowest BCUT2D eigenvalue weighted by atomic mass is 9.84. The maximum atomic E-state index is 13.5. The number of carbonyl (C=O) groups excluding carboxylic acids is 1. The molecular weight excluding hydrogens is 433 g/mol. The van der Waals surface area contributed by atoms with E-state index in [0.29, 0.717) is 12.5 Å². The van der Waals surface area contributed by atoms with E-state index in [9.17, 15) is 30.9 Å². The van der Waals surface area contributed by atoms with Crippen molar-refractivity contribution in [2.75, 3.05) is 12.4 Å². The molecule has 160 valence electrons. The summed E-state index contributed by atoms with van der Waals surface area (Å²) in [4.78, 5) is 12.1. The minimum absolute atomic E-state index is 0.0241. The van der Waals surface area contributed by atoms with Crippen LogP contribution in [0.25, 0.3) is 0 Å². The van der Waals surface area contributed by atoms with Crippen LogP contribution < -0.4 is 4.74 Å². The molecule has 0 radical (unpaired) electrons. The second-order valence-corrected chi connectivity index (χ2v) is 9.93. The van der Waals surface area contributed by atoms with Crippen molar-refractivity contribution in [2.45, 2.75) is 41.5 Å². The Labute approximate surface area is 170 Å². The number of carbonyl (C=O) groups is 1. The highest BCUT2D eigenvalue weighted by atomic mass is 32.2. The number of halogens is 3. The number of alkyl halides is 3. The Bertz CT molecular complexity index is 915. The zero-order valence-electron chi connectivity index (χ0n) is 15.1. The predicted molar refractivity (Wildman–Crippen MR) is 98.9 cm³/mol. The molecule has 29 heavy (non-hydrogen) atoms. The largest absolute Gasteiger partial charge is 0.748 e. The summed E-state index contributed by atoms with van der Waals surface area (Å²) >= 11 is 1.66. The van der Waals surface area contributed by atoms with Crippen molar-refractivity contribution < 1.29 is 40.4 Å². The number of fused-ring (bicyclic) bond motifs is 2. The molecule has 2 heterocycles. The maximum Gasteiger partial charge on any atom is 0.419 e. The monoisotopic (exact) mass is 451 g/mol. The van der Waals surface area contributed by atoms with Crippen LogP contribution in [0.15, 0.2) is 30.9 Å². The first-order valence-corrected chi connectivity index (χ1v) is 11.3. The Hall–Kier alpha value is -1.72. The van der Waals surface area contributed by atoms with Crippen LogP contribution in [0.5, 0.6) is 5.75 Å². The average Bonchev–Trinajstić information content (AvgIpc) is 3.21. The third kappa shape index (κ3) is 4.89. The third-order valence-electron chi connectivity index (χ3n) is 4.93. The molecule has 2 aliphatic heterocycles. The Morgan fingerprint density at radius 2 is 2.10 bits per heavy atom. The first kappa shape index (κ1) is 22.0. The molecule has 2 fully saturated rings. The van der Waals surface area contributed by atoms with Crippen molar-refractivity contribution in [1.82, 2.24) is 0 Å². The fraction of sp³-hybridized carbons (Fsp3) is 0.500. The van der Waals surface area contributed by atoms with Gasteiger partial charge in [0.1, 0.15) is 18.0 Å². The molecular formula is C18H18F3O6S2-. The van der Waals surface area contributed by atoms with Gasteiger partial charge >= 0.3 is 12.1 Å². The summed E-state index contributed by atoms with van der Waals surface area (Å²) in [7, 11) is -4.58. The van der Waals surface area contributed by atoms with Gasteiger partial charge in [-0.15, -0.1) is 0 Å². The van der Waals surface area contributed by atoms with Crippen LogP contribution in [0.1, 0.15) is 35.2 Å². The zero-order valence-corrected chi connectivity index (χ0v) is 16.7. The minimum Gasteiger partial charge on any atom is -0.748 e. The van der Waals surface area contributed by atoms with Gasteiger partial charge in [-0.3, -0.25) is 0 Å². The highest BCUT2D eigenvalue weighted by Crippen LogP contribution is 2.54.